The van der Waals surface area contributed by atoms with Gasteiger partial charge in [0.15, 0.2) is 9.84 Å². The number of benzene rings is 1. The van der Waals surface area contributed by atoms with Crippen LogP contribution in [0.1, 0.15) is 63.3 Å². The highest BCUT2D eigenvalue weighted by atomic mass is 32.2. The molecule has 3 N–H and O–H groups in total. The van der Waals surface area contributed by atoms with Gasteiger partial charge in [0.05, 0.1) is 26.1 Å². The van der Waals surface area contributed by atoms with E-state index in [-0.39, 0.29) is 34.5 Å². The van der Waals surface area contributed by atoms with Crippen molar-refractivity contribution in [3.63, 3.8) is 0 Å². The van der Waals surface area contributed by atoms with Crippen molar-refractivity contribution in [1.82, 2.24) is 10.3 Å². The number of aromatic nitrogens is 1. The lowest BCUT2D eigenvalue weighted by atomic mass is 9.80. The maximum Gasteiger partial charge on any atom is 0.488 e. The van der Waals surface area contributed by atoms with Crippen LogP contribution in [0.4, 0.5) is 4.79 Å². The van der Waals surface area contributed by atoms with Crippen molar-refractivity contribution in [2.24, 2.45) is 0 Å². The van der Waals surface area contributed by atoms with Gasteiger partial charge >= 0.3 is 13.2 Å². The minimum atomic E-state index is -3.54. The summed E-state index contributed by atoms with van der Waals surface area (Å²) in [6.45, 7) is 3.63. The molecule has 33 heavy (non-hydrogen) atoms. The second-order valence-electron chi connectivity index (χ2n) is 9.08. The number of rotatable bonds is 7. The Labute approximate surface area is 198 Å². The van der Waals surface area contributed by atoms with Gasteiger partial charge in [-0.3, -0.25) is 0 Å². The van der Waals surface area contributed by atoms with Crippen LogP contribution in [0.3, 0.4) is 0 Å². The molecule has 2 aliphatic rings. The number of carbonyl (C=O) groups excluding carboxylic acids is 1. The van der Waals surface area contributed by atoms with E-state index in [4.69, 9.17) is 4.74 Å². The predicted octanol–water partition coefficient (Wildman–Crippen LogP) is 2.59. The Morgan fingerprint density at radius 3 is 2.48 bits per heavy atom. The third kappa shape index (κ3) is 5.59. The molecular formula is C22H29BN2O6S2. The first-order chi connectivity index (χ1) is 15.6. The summed E-state index contributed by atoms with van der Waals surface area (Å²) in [6, 6.07) is 4.64. The molecule has 2 aliphatic carbocycles. The largest absolute Gasteiger partial charge is 0.488 e. The summed E-state index contributed by atoms with van der Waals surface area (Å²) in [6.07, 6.45) is 5.84. The standard InChI is InChI=1S/C22H29BN2O6S2/c1-13(2)31-22(26)25-16-6-3-14(4-7-16)21-24-12-19(32-21)18-10-5-15(23(27)28)11-20(18)33(29,30)17-8-9-17/h5,10-14,16-17,27-28H,3-4,6-9H2,1-2H3,(H,25,26). The van der Waals surface area contributed by atoms with E-state index in [1.165, 1.54) is 17.4 Å². The normalized spacial score (nSPS) is 21.1. The molecule has 0 bridgehead atoms. The Balaban J connectivity index is 1.50. The van der Waals surface area contributed by atoms with Crippen LogP contribution in [0.5, 0.6) is 0 Å². The number of ether oxygens (including phenoxy) is 1. The summed E-state index contributed by atoms with van der Waals surface area (Å²) in [5.41, 5.74) is 0.714. The van der Waals surface area contributed by atoms with Crippen molar-refractivity contribution in [2.45, 2.75) is 80.6 Å². The summed E-state index contributed by atoms with van der Waals surface area (Å²) in [5, 5.41) is 22.6. The number of carbonyl (C=O) groups is 1. The van der Waals surface area contributed by atoms with E-state index < -0.39 is 22.2 Å². The smallest absolute Gasteiger partial charge is 0.447 e. The molecular weight excluding hydrogens is 463 g/mol. The van der Waals surface area contributed by atoms with Gasteiger partial charge in [-0.2, -0.15) is 0 Å². The SMILES string of the molecule is CC(C)OC(=O)NC1CCC(c2ncc(-c3ccc(B(O)O)cc3S(=O)(=O)C3CC3)s2)CC1. The molecule has 2 fully saturated rings. The second-order valence-corrected chi connectivity index (χ2v) is 12.3. The minimum Gasteiger partial charge on any atom is -0.447 e. The topological polar surface area (TPSA) is 126 Å². The lowest BCUT2D eigenvalue weighted by Gasteiger charge is -2.28. The van der Waals surface area contributed by atoms with Gasteiger partial charge in [0.1, 0.15) is 0 Å². The van der Waals surface area contributed by atoms with E-state index in [0.29, 0.717) is 18.4 Å². The highest BCUT2D eigenvalue weighted by Gasteiger charge is 2.39. The molecule has 1 aromatic heterocycles. The maximum atomic E-state index is 13.0. The van der Waals surface area contributed by atoms with E-state index >= 15 is 0 Å². The fraction of sp³-hybridized carbons (Fsp3) is 0.545. The van der Waals surface area contributed by atoms with Gasteiger partial charge in [0.25, 0.3) is 0 Å². The van der Waals surface area contributed by atoms with Gasteiger partial charge in [0.2, 0.25) is 0 Å². The Bertz CT molecular complexity index is 1110. The number of thiazole rings is 1. The molecule has 8 nitrogen and oxygen atoms in total. The number of nitrogens with one attached hydrogen (secondary N) is 1. The Hall–Kier alpha value is -1.95. The Kier molecular flexibility index (Phi) is 7.13. The van der Waals surface area contributed by atoms with Crippen molar-refractivity contribution in [2.75, 3.05) is 0 Å². The molecule has 1 heterocycles. The van der Waals surface area contributed by atoms with Crippen LogP contribution in [0, 0.1) is 0 Å². The maximum absolute atomic E-state index is 13.0. The zero-order chi connectivity index (χ0) is 23.8. The van der Waals surface area contributed by atoms with Gasteiger partial charge in [0, 0.05) is 23.7 Å². The molecule has 178 valence electrons. The van der Waals surface area contributed by atoms with E-state index in [1.807, 2.05) is 13.8 Å². The van der Waals surface area contributed by atoms with Crippen LogP contribution in [-0.2, 0) is 14.6 Å². The number of nitrogens with zero attached hydrogens (tertiary/aromatic N) is 1. The van der Waals surface area contributed by atoms with Gasteiger partial charge in [-0.15, -0.1) is 11.3 Å². The zero-order valence-corrected chi connectivity index (χ0v) is 20.4. The second kappa shape index (κ2) is 9.73. The van der Waals surface area contributed by atoms with Crippen LogP contribution in [0.15, 0.2) is 29.3 Å². The zero-order valence-electron chi connectivity index (χ0n) is 18.7. The number of sulfone groups is 1. The van der Waals surface area contributed by atoms with Gasteiger partial charge < -0.3 is 20.1 Å². The third-order valence-electron chi connectivity index (χ3n) is 6.10. The number of alkyl carbamates (subject to hydrolysis) is 1. The molecule has 4 rings (SSSR count). The fourth-order valence-corrected chi connectivity index (χ4v) is 7.29. The minimum absolute atomic E-state index is 0.0830. The van der Waals surface area contributed by atoms with E-state index in [1.54, 1.807) is 18.3 Å². The van der Waals surface area contributed by atoms with Crippen molar-refractivity contribution < 1.29 is 28.0 Å². The lowest BCUT2D eigenvalue weighted by molar-refractivity contribution is 0.109. The molecule has 0 radical (unpaired) electrons. The number of hydrogen-bond donors (Lipinski definition) is 3. The molecule has 1 aromatic carbocycles. The first kappa shape index (κ1) is 24.2. The molecule has 2 aromatic rings. The first-order valence-corrected chi connectivity index (χ1v) is 13.7. The Morgan fingerprint density at radius 2 is 1.88 bits per heavy atom. The Morgan fingerprint density at radius 1 is 1.18 bits per heavy atom. The molecule has 11 heteroatoms. The lowest BCUT2D eigenvalue weighted by Crippen LogP contribution is -2.38. The van der Waals surface area contributed by atoms with Gasteiger partial charge in [-0.25, -0.2) is 18.2 Å². The quantitative estimate of drug-likeness (QED) is 0.508. The summed E-state index contributed by atoms with van der Waals surface area (Å²) < 4.78 is 31.2. The van der Waals surface area contributed by atoms with Crippen LogP contribution in [0.25, 0.3) is 10.4 Å². The van der Waals surface area contributed by atoms with Crippen LogP contribution in [0.2, 0.25) is 0 Å². The molecule has 0 spiro atoms. The van der Waals surface area contributed by atoms with Crippen molar-refractivity contribution in [3.8, 4) is 10.4 Å². The van der Waals surface area contributed by atoms with E-state index in [2.05, 4.69) is 10.3 Å². The molecule has 0 atom stereocenters. The van der Waals surface area contributed by atoms with E-state index in [9.17, 15) is 23.3 Å². The van der Waals surface area contributed by atoms with Crippen LogP contribution in [-0.4, -0.2) is 54.1 Å². The molecule has 0 unspecified atom stereocenters. The van der Waals surface area contributed by atoms with Crippen molar-refractivity contribution in [3.05, 3.63) is 29.4 Å². The average Bonchev–Trinajstić information content (AvgIpc) is 3.52. The average molecular weight is 492 g/mol. The molecule has 0 saturated heterocycles. The summed E-state index contributed by atoms with van der Waals surface area (Å²) >= 11 is 1.48. The number of hydrogen-bond acceptors (Lipinski definition) is 8. The van der Waals surface area contributed by atoms with Gasteiger partial charge in [-0.05, 0) is 63.9 Å². The number of amides is 1. The first-order valence-electron chi connectivity index (χ1n) is 11.3. The monoisotopic (exact) mass is 492 g/mol. The van der Waals surface area contributed by atoms with Crippen molar-refractivity contribution in [1.29, 1.82) is 0 Å². The third-order valence-corrected chi connectivity index (χ3v) is 9.60. The van der Waals surface area contributed by atoms with Crippen LogP contribution >= 0.6 is 11.3 Å². The highest BCUT2D eigenvalue weighted by molar-refractivity contribution is 7.92. The molecule has 1 amide bonds. The van der Waals surface area contributed by atoms with Gasteiger partial charge in [-0.1, -0.05) is 12.1 Å². The fourth-order valence-electron chi connectivity index (χ4n) is 4.20. The van der Waals surface area contributed by atoms with E-state index in [0.717, 1.165) is 35.6 Å². The highest BCUT2D eigenvalue weighted by Crippen LogP contribution is 2.41. The summed E-state index contributed by atoms with van der Waals surface area (Å²) in [5.74, 6) is 0.255. The predicted molar refractivity (Wildman–Crippen MR) is 127 cm³/mol. The summed E-state index contributed by atoms with van der Waals surface area (Å²) in [7, 11) is -5.27. The van der Waals surface area contributed by atoms with Crippen LogP contribution < -0.4 is 10.8 Å². The van der Waals surface area contributed by atoms with Crippen molar-refractivity contribution >= 4 is 39.8 Å². The molecule has 0 aliphatic heterocycles. The molecule has 2 saturated carbocycles. The summed E-state index contributed by atoms with van der Waals surface area (Å²) in [4.78, 5) is 17.3.